The normalized spacial score (nSPS) is 12.6. The summed E-state index contributed by atoms with van der Waals surface area (Å²) in [5, 5.41) is 3.75. The second-order valence-corrected chi connectivity index (χ2v) is 5.61. The highest BCUT2D eigenvalue weighted by Crippen LogP contribution is 2.26. The maximum Gasteiger partial charge on any atom is 0.261 e. The third kappa shape index (κ3) is 3.00. The molecule has 1 N–H and O–H groups in total. The third-order valence-corrected chi connectivity index (χ3v) is 3.94. The average molecular weight is 286 g/mol. The molecule has 0 aliphatic carbocycles. The SMILES string of the molecule is CC(CCCl)NC(=O)c1cc2ccc(F)cc2s1. The van der Waals surface area contributed by atoms with E-state index in [9.17, 15) is 9.18 Å². The fourth-order valence-corrected chi connectivity index (χ4v) is 2.97. The van der Waals surface area contributed by atoms with E-state index in [0.29, 0.717) is 10.8 Å². The van der Waals surface area contributed by atoms with Crippen LogP contribution in [0.5, 0.6) is 0 Å². The molecule has 1 amide bonds. The van der Waals surface area contributed by atoms with Crippen LogP contribution >= 0.6 is 22.9 Å². The van der Waals surface area contributed by atoms with Gasteiger partial charge in [-0.1, -0.05) is 6.07 Å². The fraction of sp³-hybridized carbons (Fsp3) is 0.308. The first kappa shape index (κ1) is 13.3. The molecule has 0 spiro atoms. The van der Waals surface area contributed by atoms with Gasteiger partial charge in [0.25, 0.3) is 5.91 Å². The smallest absolute Gasteiger partial charge is 0.261 e. The van der Waals surface area contributed by atoms with E-state index in [0.717, 1.165) is 16.5 Å². The van der Waals surface area contributed by atoms with Gasteiger partial charge < -0.3 is 5.32 Å². The summed E-state index contributed by atoms with van der Waals surface area (Å²) in [4.78, 5) is 12.5. The molecule has 1 heterocycles. The molecule has 0 saturated carbocycles. The van der Waals surface area contributed by atoms with Crippen molar-refractivity contribution < 1.29 is 9.18 Å². The van der Waals surface area contributed by atoms with E-state index in [2.05, 4.69) is 5.32 Å². The zero-order valence-electron chi connectivity index (χ0n) is 9.87. The van der Waals surface area contributed by atoms with Crippen molar-refractivity contribution in [2.45, 2.75) is 19.4 Å². The minimum absolute atomic E-state index is 0.0388. The van der Waals surface area contributed by atoms with Gasteiger partial charge in [0.15, 0.2) is 0 Å². The van der Waals surface area contributed by atoms with Crippen molar-refractivity contribution in [3.05, 3.63) is 35.0 Å². The van der Waals surface area contributed by atoms with Crippen molar-refractivity contribution in [1.29, 1.82) is 0 Å². The fourth-order valence-electron chi connectivity index (χ4n) is 1.65. The lowest BCUT2D eigenvalue weighted by Crippen LogP contribution is -2.32. The maximum absolute atomic E-state index is 13.0. The standard InChI is InChI=1S/C13H13ClFNOS/c1-8(4-5-14)16-13(17)12-6-9-2-3-10(15)7-11(9)18-12/h2-3,6-8H,4-5H2,1H3,(H,16,17). The molecule has 2 aromatic rings. The molecule has 0 aliphatic rings. The summed E-state index contributed by atoms with van der Waals surface area (Å²) in [7, 11) is 0. The third-order valence-electron chi connectivity index (χ3n) is 2.63. The summed E-state index contributed by atoms with van der Waals surface area (Å²) in [5.74, 6) is 0.0973. The minimum atomic E-state index is -0.285. The van der Waals surface area contributed by atoms with Crippen molar-refractivity contribution in [3.63, 3.8) is 0 Å². The molecule has 18 heavy (non-hydrogen) atoms. The van der Waals surface area contributed by atoms with E-state index in [1.165, 1.54) is 23.5 Å². The largest absolute Gasteiger partial charge is 0.349 e. The first-order valence-electron chi connectivity index (χ1n) is 5.66. The van der Waals surface area contributed by atoms with Crippen LogP contribution < -0.4 is 5.32 Å². The van der Waals surface area contributed by atoms with Crippen molar-refractivity contribution in [2.24, 2.45) is 0 Å². The lowest BCUT2D eigenvalue weighted by atomic mass is 10.2. The van der Waals surface area contributed by atoms with Gasteiger partial charge in [-0.15, -0.1) is 22.9 Å². The molecule has 0 radical (unpaired) electrons. The molecular formula is C13H13ClFNOS. The molecule has 0 aliphatic heterocycles. The number of amides is 1. The Morgan fingerprint density at radius 1 is 1.50 bits per heavy atom. The molecule has 1 unspecified atom stereocenters. The van der Waals surface area contributed by atoms with Gasteiger partial charge in [0.2, 0.25) is 0 Å². The zero-order valence-corrected chi connectivity index (χ0v) is 11.4. The van der Waals surface area contributed by atoms with Gasteiger partial charge in [0.1, 0.15) is 5.82 Å². The van der Waals surface area contributed by atoms with Gasteiger partial charge in [-0.2, -0.15) is 0 Å². The van der Waals surface area contributed by atoms with E-state index in [1.807, 2.05) is 6.92 Å². The van der Waals surface area contributed by atoms with Gasteiger partial charge in [0, 0.05) is 16.6 Å². The summed E-state index contributed by atoms with van der Waals surface area (Å²) in [6.45, 7) is 1.91. The van der Waals surface area contributed by atoms with E-state index < -0.39 is 0 Å². The van der Waals surface area contributed by atoms with Crippen molar-refractivity contribution in [2.75, 3.05) is 5.88 Å². The van der Waals surface area contributed by atoms with E-state index in [4.69, 9.17) is 11.6 Å². The maximum atomic E-state index is 13.0. The van der Waals surface area contributed by atoms with Crippen LogP contribution in [0.25, 0.3) is 10.1 Å². The molecule has 2 nitrogen and oxygen atoms in total. The first-order valence-corrected chi connectivity index (χ1v) is 7.01. The molecule has 0 fully saturated rings. The second kappa shape index (κ2) is 5.67. The second-order valence-electron chi connectivity index (χ2n) is 4.14. The van der Waals surface area contributed by atoms with Gasteiger partial charge in [-0.05, 0) is 36.9 Å². The highest BCUT2D eigenvalue weighted by molar-refractivity contribution is 7.20. The average Bonchev–Trinajstić information content (AvgIpc) is 2.72. The molecule has 2 rings (SSSR count). The van der Waals surface area contributed by atoms with E-state index >= 15 is 0 Å². The summed E-state index contributed by atoms with van der Waals surface area (Å²) in [6, 6.07) is 6.34. The van der Waals surface area contributed by atoms with Gasteiger partial charge in [-0.3, -0.25) is 4.79 Å². The number of carbonyl (C=O) groups is 1. The van der Waals surface area contributed by atoms with Gasteiger partial charge >= 0.3 is 0 Å². The quantitative estimate of drug-likeness (QED) is 0.851. The van der Waals surface area contributed by atoms with Crippen LogP contribution in [0.4, 0.5) is 4.39 Å². The molecule has 5 heteroatoms. The Hall–Kier alpha value is -1.13. The number of nitrogens with one attached hydrogen (secondary N) is 1. The van der Waals surface area contributed by atoms with E-state index in [-0.39, 0.29) is 17.8 Å². The van der Waals surface area contributed by atoms with Crippen molar-refractivity contribution >= 4 is 38.9 Å². The zero-order chi connectivity index (χ0) is 13.1. The monoisotopic (exact) mass is 285 g/mol. The number of carbonyl (C=O) groups excluding carboxylic acids is 1. The number of thiophene rings is 1. The number of alkyl halides is 1. The number of hydrogen-bond donors (Lipinski definition) is 1. The predicted octanol–water partition coefficient (Wildman–Crippen LogP) is 3.79. The van der Waals surface area contributed by atoms with Crippen molar-refractivity contribution in [1.82, 2.24) is 5.32 Å². The highest BCUT2D eigenvalue weighted by Gasteiger charge is 2.12. The highest BCUT2D eigenvalue weighted by atomic mass is 35.5. The van der Waals surface area contributed by atoms with Crippen LogP contribution in [-0.4, -0.2) is 17.8 Å². The summed E-state index contributed by atoms with van der Waals surface area (Å²) < 4.78 is 13.8. The Morgan fingerprint density at radius 3 is 3.00 bits per heavy atom. The summed E-state index contributed by atoms with van der Waals surface area (Å²) in [6.07, 6.45) is 0.729. The first-order chi connectivity index (χ1) is 8.60. The van der Waals surface area contributed by atoms with E-state index in [1.54, 1.807) is 12.1 Å². The molecule has 96 valence electrons. The number of benzene rings is 1. The van der Waals surface area contributed by atoms with Crippen LogP contribution in [0.2, 0.25) is 0 Å². The number of hydrogen-bond acceptors (Lipinski definition) is 2. The number of fused-ring (bicyclic) bond motifs is 1. The Morgan fingerprint density at radius 2 is 2.28 bits per heavy atom. The minimum Gasteiger partial charge on any atom is -0.349 e. The molecular weight excluding hydrogens is 273 g/mol. The van der Waals surface area contributed by atoms with Crippen LogP contribution in [0.1, 0.15) is 23.0 Å². The topological polar surface area (TPSA) is 29.1 Å². The van der Waals surface area contributed by atoms with Gasteiger partial charge in [0.05, 0.1) is 4.88 Å². The van der Waals surface area contributed by atoms with Crippen LogP contribution in [0.15, 0.2) is 24.3 Å². The lowest BCUT2D eigenvalue weighted by molar-refractivity contribution is 0.0943. The predicted molar refractivity (Wildman–Crippen MR) is 74.0 cm³/mol. The summed E-state index contributed by atoms with van der Waals surface area (Å²) >= 11 is 6.91. The Bertz CT molecular complexity index is 569. The number of rotatable bonds is 4. The van der Waals surface area contributed by atoms with Crippen molar-refractivity contribution in [3.8, 4) is 0 Å². The molecule has 1 aromatic carbocycles. The molecule has 0 bridgehead atoms. The van der Waals surface area contributed by atoms with Gasteiger partial charge in [-0.25, -0.2) is 4.39 Å². The molecule has 0 saturated heterocycles. The Labute approximate surface area is 114 Å². The Balaban J connectivity index is 2.18. The Kier molecular flexibility index (Phi) is 4.19. The van der Waals surface area contributed by atoms with Crippen LogP contribution in [0, 0.1) is 5.82 Å². The van der Waals surface area contributed by atoms with Crippen LogP contribution in [-0.2, 0) is 0 Å². The lowest BCUT2D eigenvalue weighted by Gasteiger charge is -2.10. The summed E-state index contributed by atoms with van der Waals surface area (Å²) in [5.41, 5.74) is 0. The molecule has 1 atom stereocenters. The molecule has 1 aromatic heterocycles. The number of halogens is 2. The van der Waals surface area contributed by atoms with Crippen LogP contribution in [0.3, 0.4) is 0 Å².